The van der Waals surface area contributed by atoms with Crippen LogP contribution in [-0.4, -0.2) is 101 Å². The summed E-state index contributed by atoms with van der Waals surface area (Å²) in [5.74, 6) is -2.20. The van der Waals surface area contributed by atoms with Crippen molar-refractivity contribution >= 4 is 47.3 Å². The predicted octanol–water partition coefficient (Wildman–Crippen LogP) is 2.98. The Morgan fingerprint density at radius 3 is 2.04 bits per heavy atom. The quantitative estimate of drug-likeness (QED) is 0.281. The van der Waals surface area contributed by atoms with Gasteiger partial charge < -0.3 is 30.5 Å². The number of rotatable bonds is 12. The number of hydrogen-bond donors (Lipinski definition) is 3. The number of carbonyl (C=O) groups is 6. The molecule has 2 unspecified atom stereocenters. The number of amides is 5. The van der Waals surface area contributed by atoms with Crippen LogP contribution in [0, 0.1) is 11.8 Å². The van der Waals surface area contributed by atoms with Crippen molar-refractivity contribution in [1.82, 2.24) is 25.8 Å². The second-order valence-electron chi connectivity index (χ2n) is 14.6. The third-order valence-electron chi connectivity index (χ3n) is 11.1. The summed E-state index contributed by atoms with van der Waals surface area (Å²) < 4.78 is 5.05. The van der Waals surface area contributed by atoms with Gasteiger partial charge in [-0.3, -0.25) is 24.0 Å². The van der Waals surface area contributed by atoms with Crippen molar-refractivity contribution in [1.29, 1.82) is 0 Å². The first-order valence-corrected chi connectivity index (χ1v) is 20.1. The van der Waals surface area contributed by atoms with Crippen molar-refractivity contribution in [2.75, 3.05) is 26.0 Å². The average Bonchev–Trinajstić information content (AvgIpc) is 3.41. The molecule has 53 heavy (non-hydrogen) atoms. The molecule has 4 heterocycles. The van der Waals surface area contributed by atoms with Gasteiger partial charge in [0.2, 0.25) is 29.5 Å². The Labute approximate surface area is 315 Å². The van der Waals surface area contributed by atoms with E-state index in [0.717, 1.165) is 36.8 Å². The van der Waals surface area contributed by atoms with Gasteiger partial charge in [-0.1, -0.05) is 60.7 Å². The molecule has 0 radical (unpaired) electrons. The van der Waals surface area contributed by atoms with Crippen LogP contribution in [0.1, 0.15) is 68.9 Å². The summed E-state index contributed by atoms with van der Waals surface area (Å²) in [5, 5.41) is 8.75. The lowest BCUT2D eigenvalue weighted by molar-refractivity contribution is -0.156. The molecule has 2 aromatic rings. The number of nitrogens with one attached hydrogen (secondary N) is 3. The van der Waals surface area contributed by atoms with Crippen LogP contribution < -0.4 is 16.0 Å². The maximum Gasteiger partial charge on any atom is 0.328 e. The SMILES string of the molecule is COC(=O)[C@@H]1CCC[C@@H]2SCC[C@H](NC(=O)[C@H](CC[C@H](Cc3ccccc3)C(=O)NC3CNC(=O)C4CCCCN4C3=O)Cc3ccccc3)C(=O)N21. The number of hydrogen-bond acceptors (Lipinski definition) is 8. The van der Waals surface area contributed by atoms with E-state index in [0.29, 0.717) is 57.2 Å². The molecule has 0 bridgehead atoms. The van der Waals surface area contributed by atoms with E-state index in [9.17, 15) is 28.8 Å². The van der Waals surface area contributed by atoms with Crippen molar-refractivity contribution in [3.63, 3.8) is 0 Å². The average molecular weight is 746 g/mol. The Morgan fingerprint density at radius 2 is 1.42 bits per heavy atom. The Hall–Kier alpha value is -4.39. The third kappa shape index (κ3) is 9.41. The highest BCUT2D eigenvalue weighted by Crippen LogP contribution is 2.35. The molecular formula is C40H51N5O7S. The number of nitrogens with zero attached hydrogens (tertiary/aromatic N) is 2. The summed E-state index contributed by atoms with van der Waals surface area (Å²) in [6, 6.07) is 16.4. The van der Waals surface area contributed by atoms with Crippen molar-refractivity contribution in [2.45, 2.75) is 100 Å². The summed E-state index contributed by atoms with van der Waals surface area (Å²) in [7, 11) is 1.33. The van der Waals surface area contributed by atoms with Crippen LogP contribution in [-0.2, 0) is 46.3 Å². The Balaban J connectivity index is 1.19. The molecule has 2 aromatic carbocycles. The summed E-state index contributed by atoms with van der Waals surface area (Å²) in [6.07, 6.45) is 6.35. The van der Waals surface area contributed by atoms with E-state index in [-0.39, 0.29) is 41.5 Å². The first-order chi connectivity index (χ1) is 25.7. The summed E-state index contributed by atoms with van der Waals surface area (Å²) in [6.45, 7) is 0.507. The van der Waals surface area contributed by atoms with Gasteiger partial charge in [0.25, 0.3) is 0 Å². The number of ether oxygens (including phenoxy) is 1. The number of piperidine rings is 2. The highest BCUT2D eigenvalue weighted by Gasteiger charge is 2.44. The van der Waals surface area contributed by atoms with Crippen LogP contribution in [0.5, 0.6) is 0 Å². The first-order valence-electron chi connectivity index (χ1n) is 19.0. The molecule has 0 aromatic heterocycles. The molecule has 0 saturated carbocycles. The fourth-order valence-electron chi connectivity index (χ4n) is 8.17. The van der Waals surface area contributed by atoms with E-state index >= 15 is 0 Å². The van der Waals surface area contributed by atoms with Gasteiger partial charge in [0, 0.05) is 24.9 Å². The van der Waals surface area contributed by atoms with Crippen molar-refractivity contribution in [3.05, 3.63) is 71.8 Å². The van der Waals surface area contributed by atoms with Crippen LogP contribution in [0.25, 0.3) is 0 Å². The minimum Gasteiger partial charge on any atom is -0.467 e. The van der Waals surface area contributed by atoms with Crippen molar-refractivity contribution in [2.24, 2.45) is 11.8 Å². The Kier molecular flexibility index (Phi) is 13.1. The molecule has 4 saturated heterocycles. The van der Waals surface area contributed by atoms with Gasteiger partial charge in [-0.05, 0) is 87.5 Å². The van der Waals surface area contributed by atoms with Crippen LogP contribution >= 0.6 is 11.8 Å². The van der Waals surface area contributed by atoms with E-state index in [1.54, 1.807) is 21.6 Å². The molecule has 4 fully saturated rings. The molecule has 4 aliphatic rings. The monoisotopic (exact) mass is 745 g/mol. The van der Waals surface area contributed by atoms with Crippen molar-refractivity contribution < 1.29 is 33.5 Å². The van der Waals surface area contributed by atoms with Gasteiger partial charge in [-0.15, -0.1) is 11.8 Å². The lowest BCUT2D eigenvalue weighted by atomic mass is 9.86. The molecule has 3 N–H and O–H groups in total. The molecule has 284 valence electrons. The van der Waals surface area contributed by atoms with Crippen LogP contribution in [0.4, 0.5) is 0 Å². The molecule has 5 amide bonds. The standard InChI is InChI=1S/C40H51N5O7S/c1-52-40(51)33-16-10-17-34-45(33)39(50)30(20-22-53-34)42-35(46)28(23-26-11-4-2-5-12-26)18-19-29(24-27-13-6-3-7-14-27)36(47)43-31-25-41-37(48)32-15-8-9-21-44(32)38(31)49/h2-7,11-14,28-34H,8-10,15-25H2,1H3,(H,41,48)(H,42,46)(H,43,47)/t28-,29-,30+,31?,32?,33+,34+/m1/s1. The van der Waals surface area contributed by atoms with E-state index in [2.05, 4.69) is 16.0 Å². The molecule has 4 aliphatic heterocycles. The van der Waals surface area contributed by atoms with Crippen molar-refractivity contribution in [3.8, 4) is 0 Å². The van der Waals surface area contributed by atoms with E-state index in [1.807, 2.05) is 60.7 Å². The van der Waals surface area contributed by atoms with E-state index in [1.165, 1.54) is 7.11 Å². The molecule has 0 spiro atoms. The normalized spacial score (nSPS) is 25.8. The number of thioether (sulfide) groups is 1. The number of benzene rings is 2. The van der Waals surface area contributed by atoms with Crippen LogP contribution in [0.15, 0.2) is 60.7 Å². The Morgan fingerprint density at radius 1 is 0.792 bits per heavy atom. The number of esters is 1. The topological polar surface area (TPSA) is 154 Å². The summed E-state index contributed by atoms with van der Waals surface area (Å²) in [5.41, 5.74) is 1.91. The van der Waals surface area contributed by atoms with Gasteiger partial charge >= 0.3 is 5.97 Å². The summed E-state index contributed by atoms with van der Waals surface area (Å²) in [4.78, 5) is 84.7. The van der Waals surface area contributed by atoms with Gasteiger partial charge in [0.1, 0.15) is 24.2 Å². The fourth-order valence-corrected chi connectivity index (χ4v) is 9.56. The second kappa shape index (κ2) is 18.1. The molecule has 12 nitrogen and oxygen atoms in total. The van der Waals surface area contributed by atoms with E-state index < -0.39 is 42.0 Å². The zero-order valence-electron chi connectivity index (χ0n) is 30.4. The van der Waals surface area contributed by atoms with Gasteiger partial charge in [-0.25, -0.2) is 4.79 Å². The molecule has 7 atom stereocenters. The largest absolute Gasteiger partial charge is 0.467 e. The van der Waals surface area contributed by atoms with Crippen LogP contribution in [0.2, 0.25) is 0 Å². The zero-order chi connectivity index (χ0) is 37.3. The van der Waals surface area contributed by atoms with Gasteiger partial charge in [-0.2, -0.15) is 0 Å². The lowest BCUT2D eigenvalue weighted by Gasteiger charge is -2.40. The first kappa shape index (κ1) is 38.3. The number of carbonyl (C=O) groups excluding carboxylic acids is 6. The third-order valence-corrected chi connectivity index (χ3v) is 12.4. The number of fused-ring (bicyclic) bond motifs is 2. The van der Waals surface area contributed by atoms with E-state index in [4.69, 9.17) is 4.74 Å². The zero-order valence-corrected chi connectivity index (χ0v) is 31.2. The van der Waals surface area contributed by atoms with Gasteiger partial charge in [0.15, 0.2) is 0 Å². The molecular weight excluding hydrogens is 695 g/mol. The maximum absolute atomic E-state index is 14.2. The lowest BCUT2D eigenvalue weighted by Crippen LogP contribution is -2.57. The smallest absolute Gasteiger partial charge is 0.328 e. The fraction of sp³-hybridized carbons (Fsp3) is 0.550. The highest BCUT2D eigenvalue weighted by molar-refractivity contribution is 7.99. The van der Waals surface area contributed by atoms with Gasteiger partial charge in [0.05, 0.1) is 12.5 Å². The number of methoxy groups -OCH3 is 1. The highest BCUT2D eigenvalue weighted by atomic mass is 32.2. The van der Waals surface area contributed by atoms with Crippen LogP contribution in [0.3, 0.4) is 0 Å². The molecule has 13 heteroatoms. The maximum atomic E-state index is 14.2. The predicted molar refractivity (Wildman–Crippen MR) is 200 cm³/mol. The molecule has 6 rings (SSSR count). The minimum atomic E-state index is -0.886. The minimum absolute atomic E-state index is 0.0237. The Bertz CT molecular complexity index is 1630. The molecule has 0 aliphatic carbocycles. The second-order valence-corrected chi connectivity index (χ2v) is 15.9. The summed E-state index contributed by atoms with van der Waals surface area (Å²) >= 11 is 1.64.